The lowest BCUT2D eigenvalue weighted by Crippen LogP contribution is -2.59. The van der Waals surface area contributed by atoms with Gasteiger partial charge in [-0.2, -0.15) is 0 Å². The van der Waals surface area contributed by atoms with E-state index in [2.05, 4.69) is 10.6 Å². The number of carbonyl (C=O) groups is 7. The summed E-state index contributed by atoms with van der Waals surface area (Å²) < 4.78 is 27.1. The molecule has 0 spiro atoms. The summed E-state index contributed by atoms with van der Waals surface area (Å²) in [6.07, 6.45) is -5.67. The van der Waals surface area contributed by atoms with Gasteiger partial charge in [0.15, 0.2) is 24.4 Å². The van der Waals surface area contributed by atoms with Gasteiger partial charge in [0.05, 0.1) is 0 Å². The Morgan fingerprint density at radius 1 is 0.826 bits per heavy atom. The molecule has 262 valence electrons. The average Bonchev–Trinajstić information content (AvgIpc) is 3.53. The average molecular weight is 661 g/mol. The van der Waals surface area contributed by atoms with E-state index in [1.807, 2.05) is 0 Å². The van der Waals surface area contributed by atoms with Crippen LogP contribution < -0.4 is 33.6 Å². The smallest absolute Gasteiger partial charge is 0.333 e. The van der Waals surface area contributed by atoms with E-state index in [0.717, 1.165) is 6.92 Å². The number of hydrogen-bond acceptors (Lipinski definition) is 17. The van der Waals surface area contributed by atoms with Crippen LogP contribution in [0.25, 0.3) is 0 Å². The molecule has 0 saturated carbocycles. The number of amides is 1. The summed E-state index contributed by atoms with van der Waals surface area (Å²) in [5.41, 5.74) is 23.2. The molecule has 0 radical (unpaired) electrons. The molecule has 18 heteroatoms. The molecule has 0 aromatic carbocycles. The molecule has 46 heavy (non-hydrogen) atoms. The number of aldehydes is 1. The highest BCUT2D eigenvalue weighted by Crippen LogP contribution is 2.21. The minimum absolute atomic E-state index is 0.166. The third kappa shape index (κ3) is 12.6. The minimum Gasteiger partial charge on any atom is -0.460 e. The number of nitrogens with two attached hydrogens (primary N) is 4. The molecule has 1 aliphatic rings. The molecular weight excluding hydrogens is 612 g/mol. The number of ether oxygens (including phenoxy) is 5. The second-order valence-electron chi connectivity index (χ2n) is 11.4. The van der Waals surface area contributed by atoms with E-state index in [0.29, 0.717) is 19.4 Å². The number of carbonyl (C=O) groups excluding carboxylic acids is 7. The lowest BCUT2D eigenvalue weighted by atomic mass is 10.00. The van der Waals surface area contributed by atoms with Crippen LogP contribution in [0.5, 0.6) is 0 Å². The number of hydrogen-bond donors (Lipinski definition) is 6. The van der Waals surface area contributed by atoms with Gasteiger partial charge in [0.1, 0.15) is 49.2 Å². The normalized spacial score (nSPS) is 20.4. The van der Waals surface area contributed by atoms with Crippen LogP contribution >= 0.6 is 0 Å². The lowest BCUT2D eigenvalue weighted by molar-refractivity contribution is -0.197. The van der Waals surface area contributed by atoms with Crippen LogP contribution in [0.3, 0.4) is 0 Å². The maximum absolute atomic E-state index is 13.5. The van der Waals surface area contributed by atoms with E-state index in [1.165, 1.54) is 20.8 Å². The first kappa shape index (κ1) is 40.3. The van der Waals surface area contributed by atoms with Gasteiger partial charge in [-0.05, 0) is 46.1 Å². The van der Waals surface area contributed by atoms with Crippen LogP contribution in [-0.2, 0) is 57.2 Å². The molecule has 1 heterocycles. The van der Waals surface area contributed by atoms with Crippen molar-refractivity contribution in [2.75, 3.05) is 13.2 Å². The van der Waals surface area contributed by atoms with Crippen LogP contribution in [0, 0.1) is 5.92 Å². The summed E-state index contributed by atoms with van der Waals surface area (Å²) in [5, 5.41) is 5.22. The van der Waals surface area contributed by atoms with Crippen molar-refractivity contribution in [2.24, 2.45) is 28.9 Å². The van der Waals surface area contributed by atoms with Crippen LogP contribution in [0.2, 0.25) is 0 Å². The zero-order valence-electron chi connectivity index (χ0n) is 27.0. The standard InChI is InChI=1S/C28H48N6O12/c1-12(2)20(32)27(40)46-23(19(11-42-24(37)13(3)29)44-26(39)18-8-7-9-33-18)22(17(31)10-35)45-28(41)21(34-16(6)36)15(5)43-25(38)14(4)30/h10,12-15,17-23,33H,7-9,11,29-32H2,1-6H3,(H,34,36)/t13-,14-,15+,17-,18-,19+,20-,21-,22+,23-/m0/s1. The third-order valence-corrected chi connectivity index (χ3v) is 6.85. The molecule has 1 fully saturated rings. The predicted octanol–water partition coefficient (Wildman–Crippen LogP) is -3.34. The molecular formula is C28H48N6O12. The molecule has 1 aliphatic heterocycles. The molecule has 0 aromatic rings. The molecule has 0 bridgehead atoms. The highest BCUT2D eigenvalue weighted by molar-refractivity contribution is 5.85. The summed E-state index contributed by atoms with van der Waals surface area (Å²) in [7, 11) is 0. The zero-order chi connectivity index (χ0) is 35.3. The lowest BCUT2D eigenvalue weighted by Gasteiger charge is -2.36. The molecule has 1 amide bonds. The molecule has 1 rings (SSSR count). The zero-order valence-corrected chi connectivity index (χ0v) is 27.0. The highest BCUT2D eigenvalue weighted by Gasteiger charge is 2.45. The van der Waals surface area contributed by atoms with Gasteiger partial charge in [-0.15, -0.1) is 0 Å². The highest BCUT2D eigenvalue weighted by atomic mass is 16.6. The van der Waals surface area contributed by atoms with Crippen molar-refractivity contribution < 1.29 is 57.2 Å². The molecule has 0 unspecified atom stereocenters. The minimum atomic E-state index is -1.93. The topological polar surface area (TPSA) is 294 Å². The van der Waals surface area contributed by atoms with Crippen molar-refractivity contribution in [2.45, 2.75) is 115 Å². The molecule has 1 saturated heterocycles. The van der Waals surface area contributed by atoms with Crippen LogP contribution in [0.1, 0.15) is 54.4 Å². The van der Waals surface area contributed by atoms with E-state index in [1.54, 1.807) is 13.8 Å². The molecule has 18 nitrogen and oxygen atoms in total. The maximum atomic E-state index is 13.5. The second kappa shape index (κ2) is 19.1. The van der Waals surface area contributed by atoms with E-state index < -0.39 is 109 Å². The van der Waals surface area contributed by atoms with Gasteiger partial charge >= 0.3 is 29.8 Å². The largest absolute Gasteiger partial charge is 0.460 e. The van der Waals surface area contributed by atoms with Crippen LogP contribution in [-0.4, -0.2) is 116 Å². The second-order valence-corrected chi connectivity index (χ2v) is 11.4. The summed E-state index contributed by atoms with van der Waals surface area (Å²) in [6.45, 7) is 7.98. The SMILES string of the molecule is CC(=O)N[C@H](C(=O)O[C@@H]([C@@H](OC(=O)[C@@H](N)C(C)C)[C@@H](COC(=O)[C@H](C)N)OC(=O)[C@@H]1CCCN1)[C@@H](N)C=O)[C@@H](C)OC(=O)[C@H](C)N. The first-order valence-electron chi connectivity index (χ1n) is 14.9. The Balaban J connectivity index is 3.65. The van der Waals surface area contributed by atoms with E-state index in [9.17, 15) is 33.6 Å². The van der Waals surface area contributed by atoms with E-state index >= 15 is 0 Å². The van der Waals surface area contributed by atoms with Crippen LogP contribution in [0.15, 0.2) is 0 Å². The van der Waals surface area contributed by atoms with Gasteiger partial charge in [-0.1, -0.05) is 13.8 Å². The van der Waals surface area contributed by atoms with Gasteiger partial charge in [0.2, 0.25) is 5.91 Å². The summed E-state index contributed by atoms with van der Waals surface area (Å²) >= 11 is 0. The van der Waals surface area contributed by atoms with Crippen molar-refractivity contribution >= 4 is 42.0 Å². The van der Waals surface area contributed by atoms with Gasteiger partial charge in [0.25, 0.3) is 0 Å². The fourth-order valence-electron chi connectivity index (χ4n) is 4.04. The monoisotopic (exact) mass is 660 g/mol. The molecule has 10 atom stereocenters. The summed E-state index contributed by atoms with van der Waals surface area (Å²) in [5.74, 6) is -6.19. The van der Waals surface area contributed by atoms with Gasteiger partial charge in [-0.25, -0.2) is 4.79 Å². The number of esters is 5. The number of nitrogens with one attached hydrogen (secondary N) is 2. The van der Waals surface area contributed by atoms with Crippen molar-refractivity contribution in [1.29, 1.82) is 0 Å². The van der Waals surface area contributed by atoms with E-state index in [-0.39, 0.29) is 6.29 Å². The van der Waals surface area contributed by atoms with Crippen molar-refractivity contribution in [3.05, 3.63) is 0 Å². The Bertz CT molecular complexity index is 1080. The van der Waals surface area contributed by atoms with E-state index in [4.69, 9.17) is 46.6 Å². The summed E-state index contributed by atoms with van der Waals surface area (Å²) in [6, 6.07) is -7.61. The van der Waals surface area contributed by atoms with Crippen molar-refractivity contribution in [3.8, 4) is 0 Å². The third-order valence-electron chi connectivity index (χ3n) is 6.85. The Morgan fingerprint density at radius 2 is 1.41 bits per heavy atom. The van der Waals surface area contributed by atoms with Crippen molar-refractivity contribution in [1.82, 2.24) is 10.6 Å². The summed E-state index contributed by atoms with van der Waals surface area (Å²) in [4.78, 5) is 88.1. The van der Waals surface area contributed by atoms with Gasteiger partial charge < -0.3 is 62.0 Å². The fraction of sp³-hybridized carbons (Fsp3) is 0.750. The van der Waals surface area contributed by atoms with Crippen molar-refractivity contribution in [3.63, 3.8) is 0 Å². The Hall–Kier alpha value is -3.71. The van der Waals surface area contributed by atoms with Gasteiger partial charge in [-0.3, -0.25) is 24.0 Å². The molecule has 0 aliphatic carbocycles. The predicted molar refractivity (Wildman–Crippen MR) is 159 cm³/mol. The number of rotatable bonds is 18. The Labute approximate surface area is 267 Å². The first-order valence-corrected chi connectivity index (χ1v) is 14.9. The van der Waals surface area contributed by atoms with Gasteiger partial charge in [0, 0.05) is 6.92 Å². The molecule has 10 N–H and O–H groups in total. The Morgan fingerprint density at radius 3 is 1.89 bits per heavy atom. The Kier molecular flexibility index (Phi) is 16.7. The quantitative estimate of drug-likeness (QED) is 0.0475. The fourth-order valence-corrected chi connectivity index (χ4v) is 4.04. The first-order chi connectivity index (χ1) is 21.4. The van der Waals surface area contributed by atoms with Crippen LogP contribution in [0.4, 0.5) is 0 Å². The molecule has 0 aromatic heterocycles. The maximum Gasteiger partial charge on any atom is 0.333 e.